The van der Waals surface area contributed by atoms with Crippen LogP contribution in [-0.4, -0.2) is 12.4 Å². The molecule has 0 spiro atoms. The van der Waals surface area contributed by atoms with Gasteiger partial charge in [-0.15, -0.1) is 11.6 Å². The Bertz CT molecular complexity index is 347. The predicted octanol–water partition coefficient (Wildman–Crippen LogP) is 3.42. The summed E-state index contributed by atoms with van der Waals surface area (Å²) in [6, 6.07) is 5.37. The first-order chi connectivity index (χ1) is 7.19. The number of carbonyl (C=O) groups is 1. The number of hydrogen-bond acceptors (Lipinski definition) is 2. The number of carbonyl (C=O) groups excluding carboxylic acids is 1. The SMILES string of the molecule is CCCOc1ccc(C(C)=O)cc1CCl. The monoisotopic (exact) mass is 226 g/mol. The highest BCUT2D eigenvalue weighted by atomic mass is 35.5. The van der Waals surface area contributed by atoms with Crippen molar-refractivity contribution in [2.45, 2.75) is 26.1 Å². The molecule has 0 radical (unpaired) electrons. The van der Waals surface area contributed by atoms with Crippen molar-refractivity contribution in [1.82, 2.24) is 0 Å². The van der Waals surface area contributed by atoms with Crippen LogP contribution in [0.5, 0.6) is 5.75 Å². The Hall–Kier alpha value is -1.02. The molecule has 0 aliphatic carbocycles. The first kappa shape index (κ1) is 12.1. The molecule has 0 aliphatic heterocycles. The summed E-state index contributed by atoms with van der Waals surface area (Å²) in [6.07, 6.45) is 0.955. The van der Waals surface area contributed by atoms with Crippen molar-refractivity contribution in [3.8, 4) is 5.75 Å². The molecule has 0 saturated carbocycles. The van der Waals surface area contributed by atoms with Crippen LogP contribution in [0.15, 0.2) is 18.2 Å². The minimum Gasteiger partial charge on any atom is -0.493 e. The van der Waals surface area contributed by atoms with Gasteiger partial charge in [0.1, 0.15) is 5.75 Å². The van der Waals surface area contributed by atoms with Gasteiger partial charge in [-0.05, 0) is 31.5 Å². The van der Waals surface area contributed by atoms with E-state index in [1.807, 2.05) is 13.0 Å². The van der Waals surface area contributed by atoms with E-state index >= 15 is 0 Å². The molecule has 0 N–H and O–H groups in total. The molecule has 0 heterocycles. The van der Waals surface area contributed by atoms with Crippen LogP contribution >= 0.6 is 11.6 Å². The number of halogens is 1. The van der Waals surface area contributed by atoms with Gasteiger partial charge in [-0.1, -0.05) is 6.92 Å². The van der Waals surface area contributed by atoms with Gasteiger partial charge >= 0.3 is 0 Å². The van der Waals surface area contributed by atoms with E-state index in [0.717, 1.165) is 17.7 Å². The van der Waals surface area contributed by atoms with Crippen LogP contribution in [-0.2, 0) is 5.88 Å². The minimum atomic E-state index is 0.0448. The third-order valence-electron chi connectivity index (χ3n) is 2.07. The highest BCUT2D eigenvalue weighted by Gasteiger charge is 2.06. The maximum absolute atomic E-state index is 11.2. The molecule has 1 aromatic rings. The van der Waals surface area contributed by atoms with Gasteiger partial charge in [0.05, 0.1) is 12.5 Å². The van der Waals surface area contributed by atoms with Crippen LogP contribution in [0.4, 0.5) is 0 Å². The molecule has 0 bridgehead atoms. The van der Waals surface area contributed by atoms with Crippen LogP contribution in [0.1, 0.15) is 36.2 Å². The van der Waals surface area contributed by atoms with Crippen molar-refractivity contribution in [3.05, 3.63) is 29.3 Å². The minimum absolute atomic E-state index is 0.0448. The summed E-state index contributed by atoms with van der Waals surface area (Å²) in [5.74, 6) is 1.18. The third kappa shape index (κ3) is 3.24. The Morgan fingerprint density at radius 2 is 2.20 bits per heavy atom. The number of benzene rings is 1. The fourth-order valence-electron chi connectivity index (χ4n) is 1.26. The highest BCUT2D eigenvalue weighted by Crippen LogP contribution is 2.22. The molecule has 0 unspecified atom stereocenters. The van der Waals surface area contributed by atoms with Crippen molar-refractivity contribution < 1.29 is 9.53 Å². The van der Waals surface area contributed by atoms with E-state index in [1.165, 1.54) is 0 Å². The summed E-state index contributed by atoms with van der Waals surface area (Å²) in [7, 11) is 0. The Morgan fingerprint density at radius 3 is 2.73 bits per heavy atom. The molecule has 3 heteroatoms. The molecule has 2 nitrogen and oxygen atoms in total. The zero-order chi connectivity index (χ0) is 11.3. The molecule has 0 fully saturated rings. The first-order valence-electron chi connectivity index (χ1n) is 5.01. The van der Waals surface area contributed by atoms with E-state index in [-0.39, 0.29) is 5.78 Å². The Kier molecular flexibility index (Phi) is 4.63. The zero-order valence-corrected chi connectivity index (χ0v) is 9.80. The van der Waals surface area contributed by atoms with Crippen molar-refractivity contribution >= 4 is 17.4 Å². The van der Waals surface area contributed by atoms with Gasteiger partial charge in [-0.2, -0.15) is 0 Å². The van der Waals surface area contributed by atoms with E-state index in [1.54, 1.807) is 19.1 Å². The van der Waals surface area contributed by atoms with Crippen LogP contribution in [0.3, 0.4) is 0 Å². The van der Waals surface area contributed by atoms with Crippen LogP contribution < -0.4 is 4.74 Å². The first-order valence-corrected chi connectivity index (χ1v) is 5.55. The lowest BCUT2D eigenvalue weighted by atomic mass is 10.1. The Balaban J connectivity index is 2.93. The molecular formula is C12H15ClO2. The molecule has 15 heavy (non-hydrogen) atoms. The zero-order valence-electron chi connectivity index (χ0n) is 9.05. The number of ketones is 1. The van der Waals surface area contributed by atoms with Crippen molar-refractivity contribution in [2.24, 2.45) is 0 Å². The normalized spacial score (nSPS) is 10.1. The van der Waals surface area contributed by atoms with E-state index in [0.29, 0.717) is 18.1 Å². The maximum atomic E-state index is 11.2. The summed E-state index contributed by atoms with van der Waals surface area (Å²) in [5, 5.41) is 0. The maximum Gasteiger partial charge on any atom is 0.159 e. The standard InChI is InChI=1S/C12H15ClO2/c1-3-6-15-12-5-4-10(9(2)14)7-11(12)8-13/h4-5,7H,3,6,8H2,1-2H3. The van der Waals surface area contributed by atoms with E-state index in [9.17, 15) is 4.79 Å². The Morgan fingerprint density at radius 1 is 1.47 bits per heavy atom. The van der Waals surface area contributed by atoms with Crippen molar-refractivity contribution in [2.75, 3.05) is 6.61 Å². The van der Waals surface area contributed by atoms with E-state index in [2.05, 4.69) is 0 Å². The van der Waals surface area contributed by atoms with Gasteiger partial charge in [-0.3, -0.25) is 4.79 Å². The van der Waals surface area contributed by atoms with E-state index in [4.69, 9.17) is 16.3 Å². The van der Waals surface area contributed by atoms with Gasteiger partial charge in [-0.25, -0.2) is 0 Å². The largest absolute Gasteiger partial charge is 0.493 e. The third-order valence-corrected chi connectivity index (χ3v) is 2.36. The second-order valence-corrected chi connectivity index (χ2v) is 3.63. The van der Waals surface area contributed by atoms with Crippen LogP contribution in [0, 0.1) is 0 Å². The predicted molar refractivity (Wildman–Crippen MR) is 61.8 cm³/mol. The second-order valence-electron chi connectivity index (χ2n) is 3.36. The highest BCUT2D eigenvalue weighted by molar-refractivity contribution is 6.17. The smallest absolute Gasteiger partial charge is 0.159 e. The Labute approximate surface area is 95.2 Å². The number of Topliss-reactive ketones (excluding diaryl/α,β-unsaturated/α-hetero) is 1. The summed E-state index contributed by atoms with van der Waals surface area (Å²) in [6.45, 7) is 4.26. The second kappa shape index (κ2) is 5.76. The average Bonchev–Trinajstić information content (AvgIpc) is 2.25. The fourth-order valence-corrected chi connectivity index (χ4v) is 1.46. The summed E-state index contributed by atoms with van der Waals surface area (Å²) < 4.78 is 5.52. The fraction of sp³-hybridized carbons (Fsp3) is 0.417. The molecule has 0 aliphatic rings. The molecule has 0 saturated heterocycles. The number of rotatable bonds is 5. The molecule has 0 atom stereocenters. The number of alkyl halides is 1. The average molecular weight is 227 g/mol. The van der Waals surface area contributed by atoms with Gasteiger partial charge in [0.25, 0.3) is 0 Å². The summed E-state index contributed by atoms with van der Waals surface area (Å²) in [4.78, 5) is 11.2. The van der Waals surface area contributed by atoms with Gasteiger partial charge in [0.15, 0.2) is 5.78 Å². The van der Waals surface area contributed by atoms with Gasteiger partial charge < -0.3 is 4.74 Å². The van der Waals surface area contributed by atoms with Crippen LogP contribution in [0.2, 0.25) is 0 Å². The van der Waals surface area contributed by atoms with Gasteiger partial charge in [0, 0.05) is 11.1 Å². The molecule has 82 valence electrons. The molecule has 0 aromatic heterocycles. The van der Waals surface area contributed by atoms with E-state index < -0.39 is 0 Å². The van der Waals surface area contributed by atoms with Crippen molar-refractivity contribution in [3.63, 3.8) is 0 Å². The van der Waals surface area contributed by atoms with Crippen LogP contribution in [0.25, 0.3) is 0 Å². The molecule has 0 amide bonds. The summed E-state index contributed by atoms with van der Waals surface area (Å²) in [5.41, 5.74) is 1.55. The van der Waals surface area contributed by atoms with Crippen molar-refractivity contribution in [1.29, 1.82) is 0 Å². The van der Waals surface area contributed by atoms with Gasteiger partial charge in [0.2, 0.25) is 0 Å². The lowest BCUT2D eigenvalue weighted by Crippen LogP contribution is -2.00. The topological polar surface area (TPSA) is 26.3 Å². The summed E-state index contributed by atoms with van der Waals surface area (Å²) >= 11 is 5.80. The number of hydrogen-bond donors (Lipinski definition) is 0. The quantitative estimate of drug-likeness (QED) is 0.568. The lowest BCUT2D eigenvalue weighted by molar-refractivity contribution is 0.101. The lowest BCUT2D eigenvalue weighted by Gasteiger charge is -2.09. The molecular weight excluding hydrogens is 212 g/mol. The molecule has 1 aromatic carbocycles. The molecule has 1 rings (SSSR count). The number of ether oxygens (including phenoxy) is 1.